The Labute approximate surface area is 217 Å². The van der Waals surface area contributed by atoms with E-state index >= 15 is 0 Å². The average molecular weight is 528 g/mol. The van der Waals surface area contributed by atoms with E-state index in [1.165, 1.54) is 17.0 Å². The van der Waals surface area contributed by atoms with Gasteiger partial charge in [0, 0.05) is 16.8 Å². The van der Waals surface area contributed by atoms with E-state index in [1.807, 2.05) is 6.92 Å². The summed E-state index contributed by atoms with van der Waals surface area (Å²) in [7, 11) is 0. The minimum Gasteiger partial charge on any atom is -0.508 e. The molecule has 11 heteroatoms. The van der Waals surface area contributed by atoms with Crippen LogP contribution in [0.3, 0.4) is 0 Å². The second-order valence-electron chi connectivity index (χ2n) is 8.73. The lowest BCUT2D eigenvalue weighted by Gasteiger charge is -2.32. The Morgan fingerprint density at radius 2 is 1.83 bits per heavy atom. The SMILES string of the molecule is Cc1ccc(N(C(=O)c2snc(C(N)=O)c2N)C(C(=O)NC2CCCC2)c2ccc(O)cc2)cc1Cl. The van der Waals surface area contributed by atoms with Crippen molar-refractivity contribution in [3.05, 3.63) is 69.2 Å². The summed E-state index contributed by atoms with van der Waals surface area (Å²) in [5.74, 6) is -1.88. The molecule has 1 saturated carbocycles. The molecule has 0 radical (unpaired) electrons. The number of amides is 3. The Hall–Kier alpha value is -3.63. The van der Waals surface area contributed by atoms with Gasteiger partial charge in [-0.05, 0) is 66.7 Å². The van der Waals surface area contributed by atoms with Gasteiger partial charge in [-0.3, -0.25) is 19.3 Å². The van der Waals surface area contributed by atoms with Crippen molar-refractivity contribution in [1.82, 2.24) is 9.69 Å². The number of carbonyl (C=O) groups excluding carboxylic acids is 3. The van der Waals surface area contributed by atoms with Crippen LogP contribution in [0.15, 0.2) is 42.5 Å². The van der Waals surface area contributed by atoms with E-state index in [4.69, 9.17) is 23.1 Å². The van der Waals surface area contributed by atoms with Gasteiger partial charge < -0.3 is 21.9 Å². The summed E-state index contributed by atoms with van der Waals surface area (Å²) in [6, 6.07) is 9.93. The van der Waals surface area contributed by atoms with Gasteiger partial charge in [0.1, 0.15) is 16.7 Å². The molecule has 3 aromatic rings. The zero-order valence-corrected chi connectivity index (χ0v) is 21.1. The highest BCUT2D eigenvalue weighted by atomic mass is 35.5. The molecule has 0 aliphatic heterocycles. The highest BCUT2D eigenvalue weighted by Crippen LogP contribution is 2.35. The Morgan fingerprint density at radius 3 is 2.42 bits per heavy atom. The molecular formula is C25H26ClN5O4S. The number of hydrogen-bond donors (Lipinski definition) is 4. The number of aromatic nitrogens is 1. The molecule has 0 bridgehead atoms. The second-order valence-corrected chi connectivity index (χ2v) is 9.91. The van der Waals surface area contributed by atoms with Gasteiger partial charge in [0.15, 0.2) is 5.69 Å². The van der Waals surface area contributed by atoms with E-state index < -0.39 is 23.8 Å². The first-order valence-electron chi connectivity index (χ1n) is 11.4. The standard InChI is InChI=1S/C25H26ClN5O4S/c1-13-6-9-16(12-18(13)26)31(25(35)22-19(27)20(23(28)33)30-36-22)21(14-7-10-17(32)11-8-14)24(34)29-15-4-2-3-5-15/h6-12,15,21,32H,2-5,27H2,1H3,(H2,28,33)(H,29,34). The molecule has 1 aliphatic rings. The van der Waals surface area contributed by atoms with E-state index in [0.29, 0.717) is 16.3 Å². The molecule has 1 fully saturated rings. The lowest BCUT2D eigenvalue weighted by molar-refractivity contribution is -0.123. The molecule has 0 saturated heterocycles. The summed E-state index contributed by atoms with van der Waals surface area (Å²) in [5, 5.41) is 13.3. The molecule has 3 amide bonds. The largest absolute Gasteiger partial charge is 0.508 e. The van der Waals surface area contributed by atoms with Crippen molar-refractivity contribution in [3.8, 4) is 5.75 Å². The summed E-state index contributed by atoms with van der Waals surface area (Å²) in [6.07, 6.45) is 3.72. The predicted octanol–water partition coefficient (Wildman–Crippen LogP) is 3.94. The van der Waals surface area contributed by atoms with Crippen molar-refractivity contribution in [1.29, 1.82) is 0 Å². The number of halogens is 1. The lowest BCUT2D eigenvalue weighted by atomic mass is 10.0. The number of aromatic hydroxyl groups is 1. The van der Waals surface area contributed by atoms with Crippen LogP contribution in [0, 0.1) is 6.92 Å². The number of benzene rings is 2. The number of rotatable bonds is 7. The minimum atomic E-state index is -1.13. The zero-order valence-electron chi connectivity index (χ0n) is 19.5. The van der Waals surface area contributed by atoms with Crippen molar-refractivity contribution in [2.24, 2.45) is 5.73 Å². The third-order valence-electron chi connectivity index (χ3n) is 6.22. The van der Waals surface area contributed by atoms with Gasteiger partial charge in [0.2, 0.25) is 5.91 Å². The van der Waals surface area contributed by atoms with Gasteiger partial charge in [-0.2, -0.15) is 4.37 Å². The minimum absolute atomic E-state index is 0.00869. The Morgan fingerprint density at radius 1 is 1.17 bits per heavy atom. The van der Waals surface area contributed by atoms with Crippen molar-refractivity contribution in [2.45, 2.75) is 44.7 Å². The van der Waals surface area contributed by atoms with E-state index in [-0.39, 0.29) is 28.0 Å². The molecule has 0 spiro atoms. The number of phenolic OH excluding ortho intramolecular Hbond substituents is 1. The summed E-state index contributed by atoms with van der Waals surface area (Å²) < 4.78 is 3.95. The zero-order chi connectivity index (χ0) is 26.0. The van der Waals surface area contributed by atoms with Crippen LogP contribution in [-0.4, -0.2) is 33.2 Å². The van der Waals surface area contributed by atoms with E-state index in [9.17, 15) is 19.5 Å². The fourth-order valence-corrected chi connectivity index (χ4v) is 5.20. The monoisotopic (exact) mass is 527 g/mol. The van der Waals surface area contributed by atoms with Crippen LogP contribution >= 0.6 is 23.1 Å². The normalized spacial score (nSPS) is 14.4. The Bertz CT molecular complexity index is 1300. The fourth-order valence-electron chi connectivity index (χ4n) is 4.28. The second kappa shape index (κ2) is 10.5. The van der Waals surface area contributed by atoms with Crippen molar-refractivity contribution >= 4 is 52.2 Å². The molecule has 36 heavy (non-hydrogen) atoms. The molecule has 1 atom stereocenters. The third-order valence-corrected chi connectivity index (χ3v) is 7.48. The summed E-state index contributed by atoms with van der Waals surface area (Å²) in [6.45, 7) is 1.82. The molecule has 188 valence electrons. The van der Waals surface area contributed by atoms with Crippen LogP contribution in [0.4, 0.5) is 11.4 Å². The van der Waals surface area contributed by atoms with Crippen LogP contribution < -0.4 is 21.7 Å². The molecule has 1 aliphatic carbocycles. The first-order valence-corrected chi connectivity index (χ1v) is 12.6. The van der Waals surface area contributed by atoms with E-state index in [1.54, 1.807) is 30.3 Å². The van der Waals surface area contributed by atoms with E-state index in [0.717, 1.165) is 42.8 Å². The number of phenols is 1. The van der Waals surface area contributed by atoms with Crippen LogP contribution in [-0.2, 0) is 4.79 Å². The Kier molecular flexibility index (Phi) is 7.46. The predicted molar refractivity (Wildman–Crippen MR) is 139 cm³/mol. The first kappa shape index (κ1) is 25.5. The van der Waals surface area contributed by atoms with Crippen molar-refractivity contribution in [2.75, 3.05) is 10.6 Å². The number of primary amides is 1. The van der Waals surface area contributed by atoms with Crippen molar-refractivity contribution in [3.63, 3.8) is 0 Å². The average Bonchev–Trinajstić information content (AvgIpc) is 3.49. The number of nitrogens with two attached hydrogens (primary N) is 2. The summed E-state index contributed by atoms with van der Waals surface area (Å²) in [5.41, 5.74) is 12.7. The Balaban J connectivity index is 1.87. The van der Waals surface area contributed by atoms with Gasteiger partial charge in [-0.1, -0.05) is 42.6 Å². The molecule has 6 N–H and O–H groups in total. The summed E-state index contributed by atoms with van der Waals surface area (Å²) in [4.78, 5) is 40.8. The maximum Gasteiger partial charge on any atom is 0.273 e. The van der Waals surface area contributed by atoms with Gasteiger partial charge in [-0.15, -0.1) is 0 Å². The molecular weight excluding hydrogens is 502 g/mol. The number of nitrogen functional groups attached to an aromatic ring is 1. The van der Waals surface area contributed by atoms with Crippen LogP contribution in [0.25, 0.3) is 0 Å². The molecule has 1 heterocycles. The quantitative estimate of drug-likeness (QED) is 0.365. The molecule has 2 aromatic carbocycles. The van der Waals surface area contributed by atoms with Gasteiger partial charge in [0.05, 0.1) is 5.69 Å². The molecule has 4 rings (SSSR count). The number of hydrogen-bond acceptors (Lipinski definition) is 7. The van der Waals surface area contributed by atoms with E-state index in [2.05, 4.69) is 9.69 Å². The maximum absolute atomic E-state index is 14.0. The van der Waals surface area contributed by atoms with Crippen LogP contribution in [0.1, 0.15) is 63.0 Å². The topological polar surface area (TPSA) is 152 Å². The van der Waals surface area contributed by atoms with Crippen molar-refractivity contribution < 1.29 is 19.5 Å². The molecule has 1 unspecified atom stereocenters. The number of nitrogens with zero attached hydrogens (tertiary/aromatic N) is 2. The maximum atomic E-state index is 14.0. The number of nitrogens with one attached hydrogen (secondary N) is 1. The van der Waals surface area contributed by atoms with Gasteiger partial charge >= 0.3 is 0 Å². The van der Waals surface area contributed by atoms with Gasteiger partial charge in [0.25, 0.3) is 11.8 Å². The number of aryl methyl sites for hydroxylation is 1. The number of anilines is 2. The van der Waals surface area contributed by atoms with Gasteiger partial charge in [-0.25, -0.2) is 0 Å². The highest BCUT2D eigenvalue weighted by Gasteiger charge is 2.37. The third kappa shape index (κ3) is 5.14. The van der Waals surface area contributed by atoms with Crippen LogP contribution in [0.2, 0.25) is 5.02 Å². The molecule has 9 nitrogen and oxygen atoms in total. The smallest absolute Gasteiger partial charge is 0.273 e. The number of carbonyl (C=O) groups is 3. The first-order chi connectivity index (χ1) is 17.2. The lowest BCUT2D eigenvalue weighted by Crippen LogP contribution is -2.46. The highest BCUT2D eigenvalue weighted by molar-refractivity contribution is 7.09. The van der Waals surface area contributed by atoms with Crippen LogP contribution in [0.5, 0.6) is 5.75 Å². The molecule has 1 aromatic heterocycles. The fraction of sp³-hybridized carbons (Fsp3) is 0.280. The summed E-state index contributed by atoms with van der Waals surface area (Å²) >= 11 is 7.14.